The van der Waals surface area contributed by atoms with Gasteiger partial charge >= 0.3 is 5.63 Å². The molecule has 3 rings (SSSR count). The summed E-state index contributed by atoms with van der Waals surface area (Å²) >= 11 is 2.84. The minimum Gasteiger partial charge on any atom is -0.497 e. The predicted molar refractivity (Wildman–Crippen MR) is 97.9 cm³/mol. The number of rotatable bonds is 6. The molecule has 0 atom stereocenters. The van der Waals surface area contributed by atoms with Gasteiger partial charge in [-0.15, -0.1) is 10.2 Å². The zero-order valence-corrected chi connectivity index (χ0v) is 15.2. The number of benzene rings is 1. The van der Waals surface area contributed by atoms with Gasteiger partial charge in [0.05, 0.1) is 7.11 Å². The molecule has 0 bridgehead atoms. The van der Waals surface area contributed by atoms with Crippen LogP contribution in [0.1, 0.15) is 23.7 Å². The first kappa shape index (κ1) is 17.4. The number of anilines is 1. The van der Waals surface area contributed by atoms with Crippen LogP contribution in [0.15, 0.2) is 37.8 Å². The zero-order chi connectivity index (χ0) is 17.8. The van der Waals surface area contributed by atoms with Crippen molar-refractivity contribution in [3.8, 4) is 5.75 Å². The second-order valence-corrected chi connectivity index (χ2v) is 7.35. The molecule has 7 nitrogen and oxygen atoms in total. The van der Waals surface area contributed by atoms with Gasteiger partial charge < -0.3 is 9.15 Å². The zero-order valence-electron chi connectivity index (χ0n) is 13.6. The van der Waals surface area contributed by atoms with Gasteiger partial charge in [-0.1, -0.05) is 30.0 Å². The quantitative estimate of drug-likeness (QED) is 0.400. The van der Waals surface area contributed by atoms with Crippen molar-refractivity contribution < 1.29 is 13.9 Å². The van der Waals surface area contributed by atoms with E-state index < -0.39 is 11.5 Å². The number of nitrogens with one attached hydrogen (secondary N) is 1. The van der Waals surface area contributed by atoms with E-state index in [4.69, 9.17) is 9.15 Å². The summed E-state index contributed by atoms with van der Waals surface area (Å²) in [5.74, 6) is 0.953. The average molecular weight is 377 g/mol. The predicted octanol–water partition coefficient (Wildman–Crippen LogP) is 3.41. The molecule has 0 fully saturated rings. The molecule has 0 aliphatic carbocycles. The molecule has 1 amide bonds. The van der Waals surface area contributed by atoms with Gasteiger partial charge in [0.2, 0.25) is 5.13 Å². The molecule has 0 saturated heterocycles. The summed E-state index contributed by atoms with van der Waals surface area (Å²) in [4.78, 5) is 24.5. The first-order chi connectivity index (χ1) is 12.1. The third kappa shape index (κ3) is 3.99. The molecular formula is C16H15N3O4S2. The van der Waals surface area contributed by atoms with Crippen molar-refractivity contribution >= 4 is 45.1 Å². The lowest BCUT2D eigenvalue weighted by atomic mass is 10.1. The molecule has 25 heavy (non-hydrogen) atoms. The molecule has 0 saturated carbocycles. The van der Waals surface area contributed by atoms with E-state index in [0.29, 0.717) is 21.9 Å². The Labute approximate surface area is 151 Å². The Morgan fingerprint density at radius 2 is 2.20 bits per heavy atom. The Kier molecular flexibility index (Phi) is 5.34. The van der Waals surface area contributed by atoms with Crippen LogP contribution in [-0.4, -0.2) is 29.0 Å². The standard InChI is InChI=1S/C16H15N3O4S2/c1-3-6-24-16-19-18-15(25-16)17-13(20)11-8-9-7-10(22-2)4-5-12(9)23-14(11)21/h4-5,7-8H,3,6H2,1-2H3,(H,17,18,20). The van der Waals surface area contributed by atoms with Crippen molar-refractivity contribution in [3.63, 3.8) is 0 Å². The van der Waals surface area contributed by atoms with E-state index in [-0.39, 0.29) is 5.56 Å². The maximum Gasteiger partial charge on any atom is 0.349 e. The molecular weight excluding hydrogens is 362 g/mol. The summed E-state index contributed by atoms with van der Waals surface area (Å²) in [6.07, 6.45) is 1.02. The maximum atomic E-state index is 12.4. The highest BCUT2D eigenvalue weighted by Gasteiger charge is 2.16. The van der Waals surface area contributed by atoms with Gasteiger partial charge in [-0.25, -0.2) is 4.79 Å². The van der Waals surface area contributed by atoms with Gasteiger partial charge in [0.1, 0.15) is 16.9 Å². The fourth-order valence-corrected chi connectivity index (χ4v) is 3.73. The van der Waals surface area contributed by atoms with Gasteiger partial charge in [0.25, 0.3) is 5.91 Å². The number of hydrogen-bond donors (Lipinski definition) is 1. The summed E-state index contributed by atoms with van der Waals surface area (Å²) in [7, 11) is 1.54. The highest BCUT2D eigenvalue weighted by molar-refractivity contribution is 8.01. The molecule has 0 spiro atoms. The Bertz CT molecular complexity index is 967. The molecule has 2 aromatic heterocycles. The minimum atomic E-state index is -0.708. The maximum absolute atomic E-state index is 12.4. The molecule has 1 aromatic carbocycles. The van der Waals surface area contributed by atoms with Gasteiger partial charge in [-0.2, -0.15) is 0 Å². The number of methoxy groups -OCH3 is 1. The number of carbonyl (C=O) groups is 1. The summed E-state index contributed by atoms with van der Waals surface area (Å²) < 4.78 is 11.1. The van der Waals surface area contributed by atoms with Crippen LogP contribution in [-0.2, 0) is 0 Å². The van der Waals surface area contributed by atoms with E-state index in [1.165, 1.54) is 24.5 Å². The van der Waals surface area contributed by atoms with Gasteiger partial charge in [0.15, 0.2) is 4.34 Å². The van der Waals surface area contributed by atoms with E-state index in [1.807, 2.05) is 0 Å². The first-order valence-corrected chi connectivity index (χ1v) is 9.30. The van der Waals surface area contributed by atoms with Crippen molar-refractivity contribution in [1.82, 2.24) is 10.2 Å². The normalized spacial score (nSPS) is 10.8. The summed E-state index contributed by atoms with van der Waals surface area (Å²) in [5, 5.41) is 11.4. The monoisotopic (exact) mass is 377 g/mol. The summed E-state index contributed by atoms with van der Waals surface area (Å²) in [5.41, 5.74) is -0.421. The average Bonchev–Trinajstić information content (AvgIpc) is 3.06. The van der Waals surface area contributed by atoms with Gasteiger partial charge in [0, 0.05) is 11.1 Å². The number of thioether (sulfide) groups is 1. The van der Waals surface area contributed by atoms with Crippen molar-refractivity contribution in [2.45, 2.75) is 17.7 Å². The summed E-state index contributed by atoms with van der Waals surface area (Å²) in [6.45, 7) is 2.07. The third-order valence-electron chi connectivity index (χ3n) is 3.24. The fourth-order valence-electron chi connectivity index (χ4n) is 2.06. The van der Waals surface area contributed by atoms with Crippen LogP contribution in [0.2, 0.25) is 0 Å². The molecule has 0 aliphatic heterocycles. The number of nitrogens with zero attached hydrogens (tertiary/aromatic N) is 2. The van der Waals surface area contributed by atoms with Crippen LogP contribution in [0.4, 0.5) is 5.13 Å². The second kappa shape index (κ2) is 7.66. The Morgan fingerprint density at radius 1 is 1.36 bits per heavy atom. The number of fused-ring (bicyclic) bond motifs is 1. The second-order valence-electron chi connectivity index (χ2n) is 5.03. The lowest BCUT2D eigenvalue weighted by Crippen LogP contribution is -2.20. The van der Waals surface area contributed by atoms with Gasteiger partial charge in [-0.05, 0) is 30.7 Å². The van der Waals surface area contributed by atoms with Crippen molar-refractivity contribution in [1.29, 1.82) is 0 Å². The SMILES string of the molecule is CCCSc1nnc(NC(=O)c2cc3cc(OC)ccc3oc2=O)s1. The first-order valence-electron chi connectivity index (χ1n) is 7.50. The molecule has 0 aliphatic rings. The molecule has 1 N–H and O–H groups in total. The molecule has 3 aromatic rings. The number of amides is 1. The van der Waals surface area contributed by atoms with Crippen LogP contribution in [0.5, 0.6) is 5.75 Å². The van der Waals surface area contributed by atoms with E-state index in [9.17, 15) is 9.59 Å². The highest BCUT2D eigenvalue weighted by atomic mass is 32.2. The number of ether oxygens (including phenoxy) is 1. The highest BCUT2D eigenvalue weighted by Crippen LogP contribution is 2.26. The number of hydrogen-bond acceptors (Lipinski definition) is 8. The van der Waals surface area contributed by atoms with Crippen LogP contribution < -0.4 is 15.7 Å². The van der Waals surface area contributed by atoms with Gasteiger partial charge in [-0.3, -0.25) is 10.1 Å². The number of carbonyl (C=O) groups excluding carboxylic acids is 1. The van der Waals surface area contributed by atoms with Crippen molar-refractivity contribution in [2.75, 3.05) is 18.2 Å². The van der Waals surface area contributed by atoms with Crippen LogP contribution >= 0.6 is 23.1 Å². The molecule has 2 heterocycles. The van der Waals surface area contributed by atoms with Crippen LogP contribution in [0, 0.1) is 0 Å². The van der Waals surface area contributed by atoms with Crippen LogP contribution in [0.3, 0.4) is 0 Å². The van der Waals surface area contributed by atoms with E-state index in [1.54, 1.807) is 30.0 Å². The Morgan fingerprint density at radius 3 is 2.96 bits per heavy atom. The lowest BCUT2D eigenvalue weighted by molar-refractivity contribution is 0.102. The summed E-state index contributed by atoms with van der Waals surface area (Å²) in [6, 6.07) is 6.48. The molecule has 0 unspecified atom stereocenters. The lowest BCUT2D eigenvalue weighted by Gasteiger charge is -2.04. The van der Waals surface area contributed by atoms with Crippen molar-refractivity contribution in [3.05, 3.63) is 40.2 Å². The van der Waals surface area contributed by atoms with Crippen LogP contribution in [0.25, 0.3) is 11.0 Å². The third-order valence-corrected chi connectivity index (χ3v) is 5.42. The molecule has 130 valence electrons. The largest absolute Gasteiger partial charge is 0.497 e. The van der Waals surface area contributed by atoms with E-state index in [0.717, 1.165) is 16.5 Å². The fraction of sp³-hybridized carbons (Fsp3) is 0.250. The Hall–Kier alpha value is -2.39. The van der Waals surface area contributed by atoms with E-state index in [2.05, 4.69) is 22.4 Å². The smallest absolute Gasteiger partial charge is 0.349 e. The van der Waals surface area contributed by atoms with Crippen molar-refractivity contribution in [2.24, 2.45) is 0 Å². The molecule has 0 radical (unpaired) electrons. The minimum absolute atomic E-state index is 0.0984. The topological polar surface area (TPSA) is 94.3 Å². The molecule has 9 heteroatoms. The Balaban J connectivity index is 1.84. The number of aromatic nitrogens is 2. The van der Waals surface area contributed by atoms with E-state index >= 15 is 0 Å².